The smallest absolute Gasteiger partial charge is 0.247 e. The predicted molar refractivity (Wildman–Crippen MR) is 288 cm³/mol. The van der Waals surface area contributed by atoms with E-state index >= 15 is 0 Å². The number of nitrogens with zero attached hydrogens (tertiary/aromatic N) is 6. The van der Waals surface area contributed by atoms with E-state index in [2.05, 4.69) is 35.0 Å². The van der Waals surface area contributed by atoms with Crippen molar-refractivity contribution in [1.82, 2.24) is 30.2 Å². The summed E-state index contributed by atoms with van der Waals surface area (Å²) < 4.78 is 17.4. The Morgan fingerprint density at radius 3 is 2.10 bits per heavy atom. The van der Waals surface area contributed by atoms with Crippen LogP contribution in [0.15, 0.2) is 64.7 Å². The lowest BCUT2D eigenvalue weighted by Gasteiger charge is -2.40. The van der Waals surface area contributed by atoms with Crippen molar-refractivity contribution in [2.24, 2.45) is 27.9 Å². The molecule has 0 saturated carbocycles. The third kappa shape index (κ3) is 19.6. The van der Waals surface area contributed by atoms with Gasteiger partial charge in [-0.15, -0.1) is 0 Å². The number of benzene rings is 2. The van der Waals surface area contributed by atoms with E-state index in [1.807, 2.05) is 101 Å². The average Bonchev–Trinajstić information content (AvgIpc) is 3.85. The zero-order chi connectivity index (χ0) is 54.2. The van der Waals surface area contributed by atoms with Crippen LogP contribution in [0.3, 0.4) is 0 Å². The van der Waals surface area contributed by atoms with E-state index in [0.717, 1.165) is 43.2 Å². The van der Waals surface area contributed by atoms with Crippen molar-refractivity contribution in [3.8, 4) is 0 Å². The molecule has 5 amide bonds. The number of amides is 5. The first-order valence-electron chi connectivity index (χ1n) is 26.1. The molecule has 0 aliphatic carbocycles. The Morgan fingerprint density at radius 2 is 1.51 bits per heavy atom. The van der Waals surface area contributed by atoms with E-state index in [0.29, 0.717) is 56.7 Å². The minimum absolute atomic E-state index is 0.00871. The van der Waals surface area contributed by atoms with E-state index in [-0.39, 0.29) is 48.3 Å². The number of methoxy groups -OCH3 is 2. The summed E-state index contributed by atoms with van der Waals surface area (Å²) in [5.41, 5.74) is 2.27. The van der Waals surface area contributed by atoms with Gasteiger partial charge in [0.05, 0.1) is 43.2 Å². The van der Waals surface area contributed by atoms with Crippen molar-refractivity contribution in [2.75, 3.05) is 74.5 Å². The maximum Gasteiger partial charge on any atom is 0.247 e. The number of aliphatic imine (C=N–C) groups is 1. The third-order valence-corrected chi connectivity index (χ3v) is 13.5. The fourth-order valence-corrected chi connectivity index (χ4v) is 9.35. The van der Waals surface area contributed by atoms with Crippen LogP contribution in [0.25, 0.3) is 0 Å². The molecule has 0 bridgehead atoms. The first kappa shape index (κ1) is 61.5. The van der Waals surface area contributed by atoms with Crippen LogP contribution in [0.5, 0.6) is 0 Å². The fraction of sp³-hybridized carbons (Fsp3) is 0.655. The highest BCUT2D eigenvalue weighted by molar-refractivity contribution is 5.97. The van der Waals surface area contributed by atoms with Crippen molar-refractivity contribution < 1.29 is 43.0 Å². The molecule has 3 rings (SSSR count). The van der Waals surface area contributed by atoms with Crippen LogP contribution < -0.4 is 16.0 Å². The van der Waals surface area contributed by atoms with Gasteiger partial charge in [-0.1, -0.05) is 88.7 Å². The molecular formula is C55H89N9O9. The van der Waals surface area contributed by atoms with E-state index in [9.17, 15) is 24.0 Å². The van der Waals surface area contributed by atoms with E-state index in [1.165, 1.54) is 0 Å². The quantitative estimate of drug-likeness (QED) is 0.0356. The maximum atomic E-state index is 14.5. The van der Waals surface area contributed by atoms with Crippen LogP contribution in [-0.4, -0.2) is 167 Å². The number of oxime groups is 1. The highest BCUT2D eigenvalue weighted by Crippen LogP contribution is 2.30. The number of carbonyl (C=O) groups is 5. The van der Waals surface area contributed by atoms with Crippen molar-refractivity contribution in [2.45, 2.75) is 149 Å². The van der Waals surface area contributed by atoms with Gasteiger partial charge in [-0.05, 0) is 74.1 Å². The minimum Gasteiger partial charge on any atom is -0.479 e. The molecule has 18 nitrogen and oxygen atoms in total. The monoisotopic (exact) mass is 1020 g/mol. The summed E-state index contributed by atoms with van der Waals surface area (Å²) in [5.74, 6) is -0.815. The summed E-state index contributed by atoms with van der Waals surface area (Å²) in [5, 5.41) is 12.8. The van der Waals surface area contributed by atoms with Crippen molar-refractivity contribution in [1.29, 1.82) is 0 Å². The summed E-state index contributed by atoms with van der Waals surface area (Å²) in [6.07, 6.45) is 3.77. The summed E-state index contributed by atoms with van der Waals surface area (Å²) in [6, 6.07) is 14.2. The Hall–Kier alpha value is -5.75. The summed E-state index contributed by atoms with van der Waals surface area (Å²) in [6.45, 7) is 15.3. The van der Waals surface area contributed by atoms with Gasteiger partial charge in [0.2, 0.25) is 35.4 Å². The molecule has 3 N–H and O–H groups in total. The number of hydrogen-bond acceptors (Lipinski definition) is 11. The Bertz CT molecular complexity index is 2060. The Balaban J connectivity index is 1.70. The SMILES string of the molecule is CCOC(C)=NOCCCCCC(=O)NCc1ccc(NC(=O)C(Cc2ccccc2)NC(=O)[C@H](C)[C@@H](OC)C2CCCN2C(=O)C[C@@H](OC)[C@H]([C@@H](C)CC)N(C)C(=O)C(N=C(N(C)C)N(C)C)C(C)C)cc1. The number of carbonyl (C=O) groups excluding carboxylic acids is 5. The highest BCUT2D eigenvalue weighted by Gasteiger charge is 2.43. The number of nitrogens with one attached hydrogen (secondary N) is 3. The Labute approximate surface area is 436 Å². The molecule has 18 heteroatoms. The molecule has 1 aliphatic heterocycles. The summed E-state index contributed by atoms with van der Waals surface area (Å²) >= 11 is 0. The van der Waals surface area contributed by atoms with Crippen LogP contribution >= 0.6 is 0 Å². The molecule has 0 aromatic heterocycles. The van der Waals surface area contributed by atoms with Crippen LogP contribution in [0.2, 0.25) is 0 Å². The molecule has 2 aromatic carbocycles. The van der Waals surface area contributed by atoms with Gasteiger partial charge in [0.1, 0.15) is 18.7 Å². The second-order valence-corrected chi connectivity index (χ2v) is 19.9. The minimum atomic E-state index is -0.938. The molecule has 408 valence electrons. The summed E-state index contributed by atoms with van der Waals surface area (Å²) in [4.78, 5) is 87.2. The van der Waals surface area contributed by atoms with Crippen molar-refractivity contribution in [3.63, 3.8) is 0 Å². The van der Waals surface area contributed by atoms with Gasteiger partial charge in [0.25, 0.3) is 0 Å². The number of ether oxygens (including phenoxy) is 3. The number of guanidine groups is 1. The molecule has 0 spiro atoms. The normalized spacial score (nSPS) is 16.5. The van der Waals surface area contributed by atoms with Crippen LogP contribution in [0.4, 0.5) is 5.69 Å². The van der Waals surface area contributed by atoms with E-state index in [4.69, 9.17) is 24.0 Å². The lowest BCUT2D eigenvalue weighted by atomic mass is 9.89. The molecule has 1 aliphatic rings. The van der Waals surface area contributed by atoms with Gasteiger partial charge in [-0.25, -0.2) is 4.99 Å². The van der Waals surface area contributed by atoms with Crippen LogP contribution in [-0.2, 0) is 56.0 Å². The first-order chi connectivity index (χ1) is 34.8. The van der Waals surface area contributed by atoms with Gasteiger partial charge in [0.15, 0.2) is 5.96 Å². The molecular weight excluding hydrogens is 931 g/mol. The number of unbranched alkanes of at least 4 members (excludes halogenated alkanes) is 2. The number of rotatable bonds is 29. The van der Waals surface area contributed by atoms with Gasteiger partial charge >= 0.3 is 0 Å². The molecule has 0 radical (unpaired) electrons. The Morgan fingerprint density at radius 1 is 0.836 bits per heavy atom. The number of anilines is 1. The lowest BCUT2D eigenvalue weighted by Crippen LogP contribution is -2.55. The second kappa shape index (κ2) is 31.8. The first-order valence-corrected chi connectivity index (χ1v) is 26.1. The number of likely N-dealkylation sites (N-methyl/N-ethyl adjacent to an activating group) is 1. The fourth-order valence-electron chi connectivity index (χ4n) is 9.35. The molecule has 8 atom stereocenters. The molecule has 2 aromatic rings. The van der Waals surface area contributed by atoms with Crippen molar-refractivity contribution >= 4 is 47.1 Å². The molecule has 73 heavy (non-hydrogen) atoms. The van der Waals surface area contributed by atoms with Gasteiger partial charge in [-0.2, -0.15) is 0 Å². The average molecular weight is 1020 g/mol. The standard InChI is InChI=1S/C55H89N9O9/c1-15-38(5)50(63(12)54(69)49(37(3)4)59-55(61(8)9)62(10)11)46(70-13)35-48(66)64-32-23-26-45(64)51(71-14)39(6)52(67)58-44(34-41-24-19-17-20-25-41)53(68)57-43-30-28-42(29-31-43)36-56-47(65)27-21-18-22-33-73-60-40(7)72-16-2/h17,19-20,24-25,28-31,37-39,44-46,49-51H,15-16,18,21-23,26-27,32-36H2,1-14H3,(H,56,65)(H,57,68)(H,58,67)/t38-,39+,44?,45?,46+,49?,50-,51+/m0/s1. The third-order valence-electron chi connectivity index (χ3n) is 13.5. The molecule has 1 fully saturated rings. The van der Waals surface area contributed by atoms with Crippen molar-refractivity contribution in [3.05, 3.63) is 65.7 Å². The second-order valence-electron chi connectivity index (χ2n) is 19.9. The van der Waals surface area contributed by atoms with Crippen LogP contribution in [0, 0.1) is 17.8 Å². The topological polar surface area (TPSA) is 196 Å². The lowest BCUT2D eigenvalue weighted by molar-refractivity contribution is -0.146. The largest absolute Gasteiger partial charge is 0.479 e. The summed E-state index contributed by atoms with van der Waals surface area (Å²) in [7, 11) is 12.5. The molecule has 3 unspecified atom stereocenters. The van der Waals surface area contributed by atoms with Gasteiger partial charge in [0, 0.05) is 88.0 Å². The molecule has 1 heterocycles. The van der Waals surface area contributed by atoms with Gasteiger partial charge in [-0.3, -0.25) is 24.0 Å². The Kier molecular flexibility index (Phi) is 26.8. The highest BCUT2D eigenvalue weighted by atomic mass is 16.6. The van der Waals surface area contributed by atoms with E-state index in [1.54, 1.807) is 57.0 Å². The molecule has 1 saturated heterocycles. The number of likely N-dealkylation sites (tertiary alicyclic amines) is 1. The van der Waals surface area contributed by atoms with E-state index < -0.39 is 48.2 Å². The predicted octanol–water partition coefficient (Wildman–Crippen LogP) is 6.34. The number of hydrogen-bond donors (Lipinski definition) is 3. The zero-order valence-electron chi connectivity index (χ0n) is 46.4. The zero-order valence-corrected chi connectivity index (χ0v) is 46.4. The maximum absolute atomic E-state index is 14.5. The van der Waals surface area contributed by atoms with Gasteiger partial charge < -0.3 is 54.6 Å². The van der Waals surface area contributed by atoms with Crippen LogP contribution in [0.1, 0.15) is 111 Å².